The average Bonchev–Trinajstić information content (AvgIpc) is 2.86. The molecule has 0 bridgehead atoms. The van der Waals surface area contributed by atoms with E-state index in [9.17, 15) is 4.79 Å². The van der Waals surface area contributed by atoms with Crippen molar-refractivity contribution in [3.05, 3.63) is 0 Å². The largest absolute Gasteiger partial charge is 0.444 e. The highest BCUT2D eigenvalue weighted by Gasteiger charge is 2.44. The molecule has 0 N–H and O–H groups in total. The number of hydrogen-bond donors (Lipinski definition) is 0. The van der Waals surface area contributed by atoms with Crippen molar-refractivity contribution in [1.29, 1.82) is 0 Å². The molecular weight excluding hydrogens is 230 g/mol. The summed E-state index contributed by atoms with van der Waals surface area (Å²) in [6.07, 6.45) is 5.51. The molecule has 0 aromatic carbocycles. The molecule has 1 spiro atoms. The van der Waals surface area contributed by atoms with Gasteiger partial charge in [-0.05, 0) is 40.0 Å². The number of carbonyl (C=O) groups excluding carboxylic acids is 1. The molecule has 1 saturated heterocycles. The van der Waals surface area contributed by atoms with E-state index in [0.29, 0.717) is 6.61 Å². The summed E-state index contributed by atoms with van der Waals surface area (Å²) in [5.74, 6) is 0. The molecule has 1 amide bonds. The molecule has 2 rings (SSSR count). The van der Waals surface area contributed by atoms with E-state index in [1.165, 1.54) is 12.8 Å². The molecule has 2 aliphatic rings. The smallest absolute Gasteiger partial charge is 0.410 e. The topological polar surface area (TPSA) is 38.8 Å². The number of hydrogen-bond acceptors (Lipinski definition) is 3. The molecule has 1 aliphatic heterocycles. The van der Waals surface area contributed by atoms with Crippen molar-refractivity contribution in [3.8, 4) is 0 Å². The Bertz CT molecular complexity index is 315. The van der Waals surface area contributed by atoms with E-state index in [2.05, 4.69) is 0 Å². The van der Waals surface area contributed by atoms with Crippen molar-refractivity contribution in [2.45, 2.75) is 70.1 Å². The predicted molar refractivity (Wildman–Crippen MR) is 69.6 cm³/mol. The van der Waals surface area contributed by atoms with Crippen LogP contribution in [0.3, 0.4) is 0 Å². The lowest BCUT2D eigenvalue weighted by Gasteiger charge is -2.28. The summed E-state index contributed by atoms with van der Waals surface area (Å²) in [5.41, 5.74) is -0.378. The SMILES string of the molecule is CN(C(=O)OC(C)(C)C)[C@H]1COC2(CCCC2)C1. The summed E-state index contributed by atoms with van der Waals surface area (Å²) < 4.78 is 11.4. The second kappa shape index (κ2) is 4.72. The van der Waals surface area contributed by atoms with E-state index in [4.69, 9.17) is 9.47 Å². The molecule has 4 heteroatoms. The van der Waals surface area contributed by atoms with Crippen molar-refractivity contribution in [3.63, 3.8) is 0 Å². The predicted octanol–water partition coefficient (Wildman–Crippen LogP) is 2.96. The number of likely N-dealkylation sites (N-methyl/N-ethyl adjacent to an activating group) is 1. The first-order valence-electron chi connectivity index (χ1n) is 6.91. The molecule has 1 atom stereocenters. The molecule has 0 aromatic rings. The van der Waals surface area contributed by atoms with Crippen LogP contribution in [-0.4, -0.2) is 41.9 Å². The number of ether oxygens (including phenoxy) is 2. The summed E-state index contributed by atoms with van der Waals surface area (Å²) in [7, 11) is 1.82. The Morgan fingerprint density at radius 3 is 2.50 bits per heavy atom. The third-order valence-electron chi connectivity index (χ3n) is 3.93. The van der Waals surface area contributed by atoms with Crippen LogP contribution in [0, 0.1) is 0 Å². The van der Waals surface area contributed by atoms with Gasteiger partial charge in [-0.2, -0.15) is 0 Å². The second-order valence-corrected chi connectivity index (χ2v) is 6.65. The zero-order chi connectivity index (χ0) is 13.4. The third-order valence-corrected chi connectivity index (χ3v) is 3.93. The lowest BCUT2D eigenvalue weighted by Crippen LogP contribution is -2.41. The second-order valence-electron chi connectivity index (χ2n) is 6.65. The van der Waals surface area contributed by atoms with Crippen LogP contribution < -0.4 is 0 Å². The van der Waals surface area contributed by atoms with Crippen LogP contribution in [0.4, 0.5) is 4.79 Å². The van der Waals surface area contributed by atoms with Gasteiger partial charge in [0.1, 0.15) is 5.60 Å². The van der Waals surface area contributed by atoms with Gasteiger partial charge in [-0.25, -0.2) is 4.79 Å². The summed E-state index contributed by atoms with van der Waals surface area (Å²) in [4.78, 5) is 13.7. The summed E-state index contributed by atoms with van der Waals surface area (Å²) >= 11 is 0. The fourth-order valence-corrected chi connectivity index (χ4v) is 2.92. The van der Waals surface area contributed by atoms with Gasteiger partial charge >= 0.3 is 6.09 Å². The fourth-order valence-electron chi connectivity index (χ4n) is 2.92. The molecule has 1 heterocycles. The minimum absolute atomic E-state index is 0.0565. The lowest BCUT2D eigenvalue weighted by molar-refractivity contribution is 0.00506. The van der Waals surface area contributed by atoms with Crippen molar-refractivity contribution in [2.24, 2.45) is 0 Å². The fraction of sp³-hybridized carbons (Fsp3) is 0.929. The first-order valence-corrected chi connectivity index (χ1v) is 6.91. The van der Waals surface area contributed by atoms with E-state index in [1.807, 2.05) is 27.8 Å². The van der Waals surface area contributed by atoms with E-state index >= 15 is 0 Å². The van der Waals surface area contributed by atoms with Gasteiger partial charge in [0.05, 0.1) is 18.2 Å². The van der Waals surface area contributed by atoms with E-state index in [0.717, 1.165) is 19.3 Å². The van der Waals surface area contributed by atoms with E-state index in [-0.39, 0.29) is 17.7 Å². The normalized spacial score (nSPS) is 26.6. The standard InChI is InChI=1S/C14H25NO3/c1-13(2,3)18-12(16)15(4)11-9-14(17-10-11)7-5-6-8-14/h11H,5-10H2,1-4H3/t11-/m1/s1. The zero-order valence-corrected chi connectivity index (χ0v) is 12.0. The number of amides is 1. The Morgan fingerprint density at radius 1 is 1.33 bits per heavy atom. The third kappa shape index (κ3) is 2.97. The monoisotopic (exact) mass is 255 g/mol. The zero-order valence-electron chi connectivity index (χ0n) is 12.0. The molecule has 1 aliphatic carbocycles. The molecule has 0 aromatic heterocycles. The van der Waals surface area contributed by atoms with Crippen molar-refractivity contribution >= 4 is 6.09 Å². The molecule has 2 fully saturated rings. The minimum Gasteiger partial charge on any atom is -0.444 e. The Kier molecular flexibility index (Phi) is 3.58. The Balaban J connectivity index is 1.90. The van der Waals surface area contributed by atoms with E-state index in [1.54, 1.807) is 4.90 Å². The average molecular weight is 255 g/mol. The Morgan fingerprint density at radius 2 is 1.94 bits per heavy atom. The highest BCUT2D eigenvalue weighted by atomic mass is 16.6. The van der Waals surface area contributed by atoms with Crippen LogP contribution in [0.5, 0.6) is 0 Å². The molecule has 104 valence electrons. The van der Waals surface area contributed by atoms with Crippen LogP contribution in [0.25, 0.3) is 0 Å². The molecule has 0 unspecified atom stereocenters. The van der Waals surface area contributed by atoms with Gasteiger partial charge in [0.2, 0.25) is 0 Å². The highest BCUT2D eigenvalue weighted by molar-refractivity contribution is 5.68. The quantitative estimate of drug-likeness (QED) is 0.723. The maximum Gasteiger partial charge on any atom is 0.410 e. The van der Waals surface area contributed by atoms with Crippen LogP contribution in [0.2, 0.25) is 0 Å². The van der Waals surface area contributed by atoms with Gasteiger partial charge in [0.25, 0.3) is 0 Å². The molecule has 18 heavy (non-hydrogen) atoms. The van der Waals surface area contributed by atoms with E-state index < -0.39 is 5.60 Å². The molecule has 4 nitrogen and oxygen atoms in total. The van der Waals surface area contributed by atoms with Gasteiger partial charge in [-0.1, -0.05) is 12.8 Å². The molecular formula is C14H25NO3. The summed E-state index contributed by atoms with van der Waals surface area (Å²) in [5, 5.41) is 0. The van der Waals surface area contributed by atoms with Crippen molar-refractivity contribution < 1.29 is 14.3 Å². The van der Waals surface area contributed by atoms with Gasteiger partial charge in [-0.15, -0.1) is 0 Å². The minimum atomic E-state index is -0.435. The lowest BCUT2D eigenvalue weighted by atomic mass is 9.96. The van der Waals surface area contributed by atoms with Gasteiger partial charge in [0, 0.05) is 7.05 Å². The summed E-state index contributed by atoms with van der Waals surface area (Å²) in [6.45, 7) is 6.32. The van der Waals surface area contributed by atoms with Crippen LogP contribution in [0.1, 0.15) is 52.9 Å². The Hall–Kier alpha value is -0.770. The van der Waals surface area contributed by atoms with Gasteiger partial charge in [-0.3, -0.25) is 0 Å². The van der Waals surface area contributed by atoms with Gasteiger partial charge < -0.3 is 14.4 Å². The Labute approximate surface area is 110 Å². The van der Waals surface area contributed by atoms with Crippen molar-refractivity contribution in [1.82, 2.24) is 4.90 Å². The van der Waals surface area contributed by atoms with Crippen LogP contribution >= 0.6 is 0 Å². The highest BCUT2D eigenvalue weighted by Crippen LogP contribution is 2.42. The maximum absolute atomic E-state index is 12.0. The molecule has 1 saturated carbocycles. The number of rotatable bonds is 1. The van der Waals surface area contributed by atoms with Crippen molar-refractivity contribution in [2.75, 3.05) is 13.7 Å². The van der Waals surface area contributed by atoms with Crippen LogP contribution in [-0.2, 0) is 9.47 Å². The van der Waals surface area contributed by atoms with Crippen LogP contribution in [0.15, 0.2) is 0 Å². The first kappa shape index (κ1) is 13.7. The maximum atomic E-state index is 12.0. The first-order chi connectivity index (χ1) is 8.31. The molecule has 0 radical (unpaired) electrons. The van der Waals surface area contributed by atoms with Gasteiger partial charge in [0.15, 0.2) is 0 Å². The number of carbonyl (C=O) groups is 1. The summed E-state index contributed by atoms with van der Waals surface area (Å²) in [6, 6.07) is 0.165. The number of nitrogens with zero attached hydrogens (tertiary/aromatic N) is 1.